The number of hydrogen-bond acceptors (Lipinski definition) is 4. The SMILES string of the molecule is Cc1ccc(-c2nnc(S(=O)(=O)Cl)n2C(C)(C)C)cc1C. The first-order valence-corrected chi connectivity index (χ1v) is 8.81. The molecule has 0 radical (unpaired) electrons. The molecular weight excluding hydrogens is 310 g/mol. The van der Waals surface area contributed by atoms with Crippen LogP contribution < -0.4 is 0 Å². The van der Waals surface area contributed by atoms with Crippen molar-refractivity contribution in [2.45, 2.75) is 45.3 Å². The lowest BCUT2D eigenvalue weighted by Gasteiger charge is -2.24. The van der Waals surface area contributed by atoms with E-state index in [1.54, 1.807) is 4.57 Å². The van der Waals surface area contributed by atoms with Crippen LogP contribution in [0, 0.1) is 13.8 Å². The van der Waals surface area contributed by atoms with Crippen LogP contribution in [0.25, 0.3) is 11.4 Å². The van der Waals surface area contributed by atoms with Gasteiger partial charge in [0.05, 0.1) is 0 Å². The Balaban J connectivity index is 2.76. The molecule has 0 atom stereocenters. The maximum atomic E-state index is 11.7. The van der Waals surface area contributed by atoms with Gasteiger partial charge < -0.3 is 0 Å². The normalized spacial score (nSPS) is 12.7. The number of hydrogen-bond donors (Lipinski definition) is 0. The standard InChI is InChI=1S/C14H18ClN3O2S/c1-9-6-7-11(8-10(9)2)12-16-17-13(21(15,19)20)18(12)14(3,4)5/h6-8H,1-5H3. The lowest BCUT2D eigenvalue weighted by molar-refractivity contribution is 0.367. The van der Waals surface area contributed by atoms with Gasteiger partial charge in [0.1, 0.15) is 0 Å². The average molecular weight is 328 g/mol. The van der Waals surface area contributed by atoms with Gasteiger partial charge in [-0.25, -0.2) is 8.42 Å². The van der Waals surface area contributed by atoms with Gasteiger partial charge in [-0.2, -0.15) is 0 Å². The van der Waals surface area contributed by atoms with Crippen molar-refractivity contribution in [2.75, 3.05) is 0 Å². The van der Waals surface area contributed by atoms with E-state index in [1.165, 1.54) is 0 Å². The van der Waals surface area contributed by atoms with E-state index in [4.69, 9.17) is 10.7 Å². The highest BCUT2D eigenvalue weighted by molar-refractivity contribution is 8.13. The second-order valence-corrected chi connectivity index (χ2v) is 8.51. The Morgan fingerprint density at radius 1 is 1.10 bits per heavy atom. The fourth-order valence-corrected chi connectivity index (χ4v) is 3.12. The average Bonchev–Trinajstić information content (AvgIpc) is 2.76. The summed E-state index contributed by atoms with van der Waals surface area (Å²) < 4.78 is 25.0. The second kappa shape index (κ2) is 5.10. The van der Waals surface area contributed by atoms with Crippen molar-refractivity contribution in [1.29, 1.82) is 0 Å². The van der Waals surface area contributed by atoms with E-state index in [-0.39, 0.29) is 5.16 Å². The van der Waals surface area contributed by atoms with Crippen LogP contribution in [0.3, 0.4) is 0 Å². The summed E-state index contributed by atoms with van der Waals surface area (Å²) in [5.41, 5.74) is 2.55. The van der Waals surface area contributed by atoms with Crippen LogP contribution >= 0.6 is 10.7 Å². The topological polar surface area (TPSA) is 64.8 Å². The summed E-state index contributed by atoms with van der Waals surface area (Å²) >= 11 is 0. The zero-order chi connectivity index (χ0) is 16.0. The van der Waals surface area contributed by atoms with E-state index in [9.17, 15) is 8.42 Å². The molecule has 5 nitrogen and oxygen atoms in total. The van der Waals surface area contributed by atoms with E-state index >= 15 is 0 Å². The van der Waals surface area contributed by atoms with Crippen molar-refractivity contribution in [1.82, 2.24) is 14.8 Å². The van der Waals surface area contributed by atoms with Crippen LogP contribution in [0.1, 0.15) is 31.9 Å². The summed E-state index contributed by atoms with van der Waals surface area (Å²) in [6, 6.07) is 5.84. The lowest BCUT2D eigenvalue weighted by atomic mass is 10.0. The van der Waals surface area contributed by atoms with Gasteiger partial charge >= 0.3 is 0 Å². The van der Waals surface area contributed by atoms with E-state index in [1.807, 2.05) is 52.8 Å². The fraction of sp³-hybridized carbons (Fsp3) is 0.429. The zero-order valence-electron chi connectivity index (χ0n) is 12.7. The number of nitrogens with zero attached hydrogens (tertiary/aromatic N) is 3. The molecule has 0 amide bonds. The van der Waals surface area contributed by atoms with Crippen molar-refractivity contribution in [3.05, 3.63) is 29.3 Å². The van der Waals surface area contributed by atoms with Crippen molar-refractivity contribution in [3.63, 3.8) is 0 Å². The van der Waals surface area contributed by atoms with Gasteiger partial charge in [-0.3, -0.25) is 4.57 Å². The van der Waals surface area contributed by atoms with Crippen molar-refractivity contribution >= 4 is 19.7 Å². The molecule has 0 fully saturated rings. The number of aromatic nitrogens is 3. The Kier molecular flexibility index (Phi) is 3.88. The third-order valence-corrected chi connectivity index (χ3v) is 4.40. The molecular formula is C14H18ClN3O2S. The molecule has 0 bridgehead atoms. The van der Waals surface area contributed by atoms with Gasteiger partial charge in [0.25, 0.3) is 14.2 Å². The summed E-state index contributed by atoms with van der Waals surface area (Å²) in [4.78, 5) is 0. The fourth-order valence-electron chi connectivity index (χ4n) is 2.10. The Morgan fingerprint density at radius 3 is 2.19 bits per heavy atom. The molecule has 1 heterocycles. The molecule has 7 heteroatoms. The van der Waals surface area contributed by atoms with Crippen molar-refractivity contribution in [3.8, 4) is 11.4 Å². The van der Waals surface area contributed by atoms with Crippen LogP contribution in [0.2, 0.25) is 0 Å². The van der Waals surface area contributed by atoms with E-state index in [0.29, 0.717) is 5.82 Å². The molecule has 21 heavy (non-hydrogen) atoms. The van der Waals surface area contributed by atoms with Gasteiger partial charge in [0, 0.05) is 21.8 Å². The first kappa shape index (κ1) is 16.0. The minimum Gasteiger partial charge on any atom is -0.291 e. The third-order valence-electron chi connectivity index (χ3n) is 3.29. The third kappa shape index (κ3) is 3.11. The molecule has 0 saturated heterocycles. The van der Waals surface area contributed by atoms with Crippen LogP contribution in [-0.2, 0) is 14.6 Å². The highest BCUT2D eigenvalue weighted by Gasteiger charge is 2.30. The van der Waals surface area contributed by atoms with E-state index in [2.05, 4.69) is 10.2 Å². The quantitative estimate of drug-likeness (QED) is 0.794. The predicted molar refractivity (Wildman–Crippen MR) is 83.0 cm³/mol. The molecule has 0 N–H and O–H groups in total. The number of rotatable bonds is 2. The summed E-state index contributed by atoms with van der Waals surface area (Å²) in [6.07, 6.45) is 0. The molecule has 2 rings (SSSR count). The highest BCUT2D eigenvalue weighted by atomic mass is 35.7. The minimum atomic E-state index is -3.96. The molecule has 0 unspecified atom stereocenters. The highest BCUT2D eigenvalue weighted by Crippen LogP contribution is 2.30. The molecule has 0 aliphatic rings. The summed E-state index contributed by atoms with van der Waals surface area (Å²) in [5, 5.41) is 7.58. The van der Waals surface area contributed by atoms with Crippen molar-refractivity contribution in [2.24, 2.45) is 0 Å². The Bertz CT molecular complexity index is 789. The van der Waals surface area contributed by atoms with Gasteiger partial charge in [0.2, 0.25) is 0 Å². The molecule has 0 aliphatic heterocycles. The first-order valence-electron chi connectivity index (χ1n) is 6.50. The zero-order valence-corrected chi connectivity index (χ0v) is 14.2. The van der Waals surface area contributed by atoms with Crippen LogP contribution in [0.5, 0.6) is 0 Å². The number of aryl methyl sites for hydroxylation is 2. The largest absolute Gasteiger partial charge is 0.296 e. The number of benzene rings is 1. The maximum absolute atomic E-state index is 11.7. The van der Waals surface area contributed by atoms with Gasteiger partial charge in [-0.15, -0.1) is 10.2 Å². The van der Waals surface area contributed by atoms with Crippen LogP contribution in [0.15, 0.2) is 23.4 Å². The maximum Gasteiger partial charge on any atom is 0.296 e. The van der Waals surface area contributed by atoms with E-state index < -0.39 is 14.6 Å². The Hall–Kier alpha value is -1.40. The molecule has 1 aromatic heterocycles. The molecule has 1 aromatic carbocycles. The smallest absolute Gasteiger partial charge is 0.291 e. The molecule has 114 valence electrons. The monoisotopic (exact) mass is 327 g/mol. The van der Waals surface area contributed by atoms with Crippen LogP contribution in [0.4, 0.5) is 0 Å². The summed E-state index contributed by atoms with van der Waals surface area (Å²) in [6.45, 7) is 9.66. The minimum absolute atomic E-state index is 0.232. The van der Waals surface area contributed by atoms with Crippen LogP contribution in [-0.4, -0.2) is 23.2 Å². The molecule has 0 aliphatic carbocycles. The Morgan fingerprint density at radius 2 is 1.71 bits per heavy atom. The lowest BCUT2D eigenvalue weighted by Crippen LogP contribution is -2.25. The Labute approximate surface area is 129 Å². The first-order chi connectivity index (χ1) is 9.51. The van der Waals surface area contributed by atoms with Gasteiger partial charge in [-0.05, 0) is 51.8 Å². The van der Waals surface area contributed by atoms with Gasteiger partial charge in [0.15, 0.2) is 5.82 Å². The van der Waals surface area contributed by atoms with Crippen molar-refractivity contribution < 1.29 is 8.42 Å². The van der Waals surface area contributed by atoms with E-state index in [0.717, 1.165) is 16.7 Å². The van der Waals surface area contributed by atoms with Gasteiger partial charge in [-0.1, -0.05) is 12.1 Å². The summed E-state index contributed by atoms with van der Waals surface area (Å²) in [7, 11) is 1.52. The molecule has 0 saturated carbocycles. The molecule has 2 aromatic rings. The number of halogens is 1. The predicted octanol–water partition coefficient (Wildman–Crippen LogP) is 3.24. The summed E-state index contributed by atoms with van der Waals surface area (Å²) in [5.74, 6) is 0.491. The molecule has 0 spiro atoms. The second-order valence-electron chi connectivity index (χ2n) is 6.05.